The summed E-state index contributed by atoms with van der Waals surface area (Å²) in [5.41, 5.74) is 0. The summed E-state index contributed by atoms with van der Waals surface area (Å²) in [5.74, 6) is -37.0. The van der Waals surface area contributed by atoms with Crippen LogP contribution in [0.3, 0.4) is 0 Å². The summed E-state index contributed by atoms with van der Waals surface area (Å²) >= 11 is -1.89. The molecule has 0 radical (unpaired) electrons. The average Bonchev–Trinajstić information content (AvgIpc) is 3.58. The molecule has 2 heterocycles. The molecule has 0 atom stereocenters. The van der Waals surface area contributed by atoms with E-state index in [0.29, 0.717) is 4.88 Å². The van der Waals surface area contributed by atoms with E-state index in [-0.39, 0.29) is 22.3 Å². The molecule has 0 nitrogen and oxygen atoms in total. The molecule has 42 heavy (non-hydrogen) atoms. The first-order valence-electron chi connectivity index (χ1n) is 13.3. The van der Waals surface area contributed by atoms with Gasteiger partial charge in [0.25, 0.3) is 0 Å². The number of unbranched alkanes of at least 4 members (excludes halogenated alkanes) is 3. The topological polar surface area (TPSA) is 0 Å². The quantitative estimate of drug-likeness (QED) is 0.118. The van der Waals surface area contributed by atoms with Gasteiger partial charge in [-0.2, -0.15) is 13.2 Å². The molecular formula is C26H31F13S2Sn. The SMILES string of the molecule is CCC[CH2][Sn]([CH2]CCC)([CH2]CCC)[c]1ccc(-c2ccc(C(F)(F)C(F)(F)C(F)(F)C(F)(F)C(F)(F)C(F)(F)F)s2)s1. The summed E-state index contributed by atoms with van der Waals surface area (Å²) in [7, 11) is 0. The van der Waals surface area contributed by atoms with E-state index in [4.69, 9.17) is 0 Å². The molecule has 0 saturated carbocycles. The van der Waals surface area contributed by atoms with Crippen LogP contribution >= 0.6 is 22.7 Å². The van der Waals surface area contributed by atoms with Crippen molar-refractivity contribution in [2.75, 3.05) is 0 Å². The first kappa shape index (κ1) is 37.5. The van der Waals surface area contributed by atoms with Gasteiger partial charge in [0.2, 0.25) is 0 Å². The second kappa shape index (κ2) is 13.3. The Morgan fingerprint density at radius 1 is 0.524 bits per heavy atom. The standard InChI is InChI=1S/C14H4F13S2.3C4H9.Sn/c15-9(16,8-4-3-7(29-8)6-2-1-5-28-6)10(17,18)11(19,20)12(21,22)13(23,24)14(25,26)27;3*1-3-4-2;/h1-4H;3*1,3-4H2,2H3;. The Bertz CT molecular complexity index is 1130. The average molecular weight is 773 g/mol. The minimum absolute atomic E-state index is 0.0888. The Labute approximate surface area is 247 Å². The van der Waals surface area contributed by atoms with Crippen molar-refractivity contribution < 1.29 is 57.1 Å². The van der Waals surface area contributed by atoms with E-state index in [1.54, 1.807) is 6.07 Å². The van der Waals surface area contributed by atoms with Gasteiger partial charge in [0.1, 0.15) is 0 Å². The fraction of sp³-hybridized carbons (Fsp3) is 0.692. The van der Waals surface area contributed by atoms with E-state index in [1.807, 2.05) is 6.07 Å². The summed E-state index contributed by atoms with van der Waals surface area (Å²) in [5, 5.41) is 0. The summed E-state index contributed by atoms with van der Waals surface area (Å²) in [6.07, 6.45) is -1.56. The second-order valence-corrected chi connectivity index (χ2v) is 26.6. The molecule has 0 aliphatic carbocycles. The van der Waals surface area contributed by atoms with Crippen LogP contribution in [0.4, 0.5) is 57.1 Å². The maximum absolute atomic E-state index is 14.7. The number of hydrogen-bond acceptors (Lipinski definition) is 2. The van der Waals surface area contributed by atoms with Gasteiger partial charge in [0.15, 0.2) is 0 Å². The minimum atomic E-state index is -7.90. The molecule has 0 saturated heterocycles. The van der Waals surface area contributed by atoms with E-state index in [9.17, 15) is 57.1 Å². The Morgan fingerprint density at radius 2 is 0.929 bits per heavy atom. The van der Waals surface area contributed by atoms with Crippen LogP contribution in [0.2, 0.25) is 13.3 Å². The molecule has 0 aliphatic heterocycles. The van der Waals surface area contributed by atoms with Gasteiger partial charge in [-0.3, -0.25) is 0 Å². The third-order valence-corrected chi connectivity index (χ3v) is 28.0. The molecule has 0 spiro atoms. The molecule has 2 rings (SSSR count). The second-order valence-electron chi connectivity index (χ2n) is 10.3. The number of halogens is 13. The molecule has 0 N–H and O–H groups in total. The Balaban J connectivity index is 2.52. The first-order chi connectivity index (χ1) is 19.1. The van der Waals surface area contributed by atoms with Gasteiger partial charge in [-0.05, 0) is 0 Å². The molecule has 16 heteroatoms. The molecule has 0 fully saturated rings. The number of rotatable bonds is 16. The summed E-state index contributed by atoms with van der Waals surface area (Å²) in [4.78, 5) is -1.64. The van der Waals surface area contributed by atoms with Crippen molar-refractivity contribution in [3.8, 4) is 9.75 Å². The molecule has 0 aliphatic rings. The van der Waals surface area contributed by atoms with Gasteiger partial charge in [-0.1, -0.05) is 0 Å². The Morgan fingerprint density at radius 3 is 1.36 bits per heavy atom. The summed E-state index contributed by atoms with van der Waals surface area (Å²) in [6, 6.07) is 4.57. The molecule has 0 amide bonds. The van der Waals surface area contributed by atoms with E-state index in [0.717, 1.165) is 60.8 Å². The zero-order valence-electron chi connectivity index (χ0n) is 22.9. The fourth-order valence-corrected chi connectivity index (χ4v) is 25.9. The van der Waals surface area contributed by atoms with E-state index < -0.39 is 59.0 Å². The Hall–Kier alpha value is -0.711. The van der Waals surface area contributed by atoms with Gasteiger partial charge >= 0.3 is 235 Å². The van der Waals surface area contributed by atoms with Crippen molar-refractivity contribution in [2.45, 2.75) is 108 Å². The fourth-order valence-electron chi connectivity index (χ4n) is 4.61. The van der Waals surface area contributed by atoms with Crippen molar-refractivity contribution >= 4 is 43.9 Å². The maximum atomic E-state index is 14.7. The van der Waals surface area contributed by atoms with Crippen LogP contribution in [-0.2, 0) is 5.92 Å². The summed E-state index contributed by atoms with van der Waals surface area (Å²) < 4.78 is 181. The predicted molar refractivity (Wildman–Crippen MR) is 142 cm³/mol. The normalized spacial score (nSPS) is 14.6. The van der Waals surface area contributed by atoms with Crippen molar-refractivity contribution in [2.24, 2.45) is 0 Å². The number of alkyl halides is 13. The van der Waals surface area contributed by atoms with Crippen LogP contribution in [0.15, 0.2) is 24.3 Å². The van der Waals surface area contributed by atoms with Crippen molar-refractivity contribution in [1.29, 1.82) is 0 Å². The molecule has 242 valence electrons. The third kappa shape index (κ3) is 6.62. The Kier molecular flexibility index (Phi) is 11.9. The molecule has 0 bridgehead atoms. The molecule has 0 aromatic carbocycles. The zero-order valence-corrected chi connectivity index (χ0v) is 27.4. The molecule has 2 aromatic heterocycles. The predicted octanol–water partition coefficient (Wildman–Crippen LogP) is 11.7. The number of thiophene rings is 2. The number of hydrogen-bond donors (Lipinski definition) is 0. The molecular weight excluding hydrogens is 742 g/mol. The van der Waals surface area contributed by atoms with Crippen LogP contribution in [0.1, 0.15) is 64.2 Å². The van der Waals surface area contributed by atoms with Gasteiger partial charge in [0, 0.05) is 0 Å². The van der Waals surface area contributed by atoms with Crippen LogP contribution in [0.25, 0.3) is 9.75 Å². The van der Waals surface area contributed by atoms with Crippen molar-refractivity contribution in [1.82, 2.24) is 0 Å². The van der Waals surface area contributed by atoms with Crippen LogP contribution < -0.4 is 2.89 Å². The van der Waals surface area contributed by atoms with Crippen LogP contribution in [-0.4, -0.2) is 48.2 Å². The van der Waals surface area contributed by atoms with Gasteiger partial charge in [-0.15, -0.1) is 0 Å². The van der Waals surface area contributed by atoms with E-state index in [2.05, 4.69) is 20.8 Å². The van der Waals surface area contributed by atoms with Crippen LogP contribution in [0.5, 0.6) is 0 Å². The van der Waals surface area contributed by atoms with Gasteiger partial charge < -0.3 is 0 Å². The first-order valence-corrected chi connectivity index (χ1v) is 22.4. The third-order valence-electron chi connectivity index (χ3n) is 7.25. The van der Waals surface area contributed by atoms with Crippen molar-refractivity contribution in [3.63, 3.8) is 0 Å². The molecule has 0 unspecified atom stereocenters. The van der Waals surface area contributed by atoms with Gasteiger partial charge in [-0.25, -0.2) is 0 Å². The van der Waals surface area contributed by atoms with Crippen molar-refractivity contribution in [3.05, 3.63) is 29.1 Å². The van der Waals surface area contributed by atoms with Crippen LogP contribution in [0, 0.1) is 0 Å². The van der Waals surface area contributed by atoms with E-state index in [1.165, 1.54) is 11.3 Å². The van der Waals surface area contributed by atoms with Gasteiger partial charge in [0.05, 0.1) is 0 Å². The molecule has 2 aromatic rings. The zero-order chi connectivity index (χ0) is 32.4. The monoisotopic (exact) mass is 774 g/mol. The van der Waals surface area contributed by atoms with E-state index >= 15 is 0 Å². The summed E-state index contributed by atoms with van der Waals surface area (Å²) in [6.45, 7) is 6.18.